The van der Waals surface area contributed by atoms with Crippen molar-refractivity contribution in [3.8, 4) is 0 Å². The standard InChI is InChI=1S/C18H12ClF5N4O2/c1-7(14-9-4-12(20)13(21)5-10(9)16(29)27-26-14)28(2)17(30)8-3-11(19)15(25-6-8)18(22,23)24/h3-7H,1-2H3,(H,27,29)/t7-/m0/s1. The number of nitrogens with zero attached hydrogens (tertiary/aromatic N) is 3. The minimum absolute atomic E-state index is 0.0200. The molecule has 0 unspecified atom stereocenters. The lowest BCUT2D eigenvalue weighted by molar-refractivity contribution is -0.141. The van der Waals surface area contributed by atoms with Crippen LogP contribution in [0, 0.1) is 11.6 Å². The van der Waals surface area contributed by atoms with Crippen LogP contribution in [0.4, 0.5) is 22.0 Å². The summed E-state index contributed by atoms with van der Waals surface area (Å²) in [5.41, 5.74) is -2.27. The smallest absolute Gasteiger partial charge is 0.333 e. The zero-order chi connectivity index (χ0) is 22.4. The molecule has 3 aromatic rings. The number of halogens is 6. The molecule has 2 aromatic heterocycles. The van der Waals surface area contributed by atoms with Crippen molar-refractivity contribution in [2.45, 2.75) is 19.1 Å². The van der Waals surface area contributed by atoms with Crippen LogP contribution in [-0.4, -0.2) is 33.0 Å². The van der Waals surface area contributed by atoms with Crippen molar-refractivity contribution in [3.05, 3.63) is 68.4 Å². The number of H-pyrrole nitrogens is 1. The first-order chi connectivity index (χ1) is 13.9. The number of hydrogen-bond acceptors (Lipinski definition) is 4. The Balaban J connectivity index is 2.00. The fourth-order valence-corrected chi connectivity index (χ4v) is 3.10. The Kier molecular flexibility index (Phi) is 5.50. The Bertz CT molecular complexity index is 1210. The summed E-state index contributed by atoms with van der Waals surface area (Å²) in [6.45, 7) is 1.48. The van der Waals surface area contributed by atoms with Crippen molar-refractivity contribution >= 4 is 28.3 Å². The van der Waals surface area contributed by atoms with E-state index in [-0.39, 0.29) is 22.0 Å². The largest absolute Gasteiger partial charge is 0.434 e. The van der Waals surface area contributed by atoms with Gasteiger partial charge in [-0.05, 0) is 25.1 Å². The molecule has 0 fully saturated rings. The van der Waals surface area contributed by atoms with Gasteiger partial charge in [0.25, 0.3) is 11.5 Å². The number of fused-ring (bicyclic) bond motifs is 1. The maximum Gasteiger partial charge on any atom is 0.434 e. The molecule has 0 saturated heterocycles. The molecule has 6 nitrogen and oxygen atoms in total. The van der Waals surface area contributed by atoms with Gasteiger partial charge in [0.2, 0.25) is 0 Å². The molecule has 2 heterocycles. The van der Waals surface area contributed by atoms with Gasteiger partial charge in [-0.2, -0.15) is 18.3 Å². The van der Waals surface area contributed by atoms with E-state index in [1.807, 2.05) is 0 Å². The molecule has 0 saturated carbocycles. The van der Waals surface area contributed by atoms with E-state index in [1.165, 1.54) is 14.0 Å². The highest BCUT2D eigenvalue weighted by Crippen LogP contribution is 2.33. The number of aromatic amines is 1. The first kappa shape index (κ1) is 21.6. The molecule has 12 heteroatoms. The van der Waals surface area contributed by atoms with Crippen LogP contribution in [0.25, 0.3) is 10.8 Å². The fraction of sp³-hybridized carbons (Fsp3) is 0.222. The van der Waals surface area contributed by atoms with E-state index in [9.17, 15) is 31.5 Å². The second-order valence-corrected chi connectivity index (χ2v) is 6.80. The second kappa shape index (κ2) is 7.63. The quantitative estimate of drug-likeness (QED) is 0.614. The third kappa shape index (κ3) is 3.84. The Morgan fingerprint density at radius 1 is 1.17 bits per heavy atom. The Morgan fingerprint density at radius 2 is 1.77 bits per heavy atom. The van der Waals surface area contributed by atoms with Gasteiger partial charge in [0, 0.05) is 18.6 Å². The van der Waals surface area contributed by atoms with E-state index in [2.05, 4.69) is 15.2 Å². The molecule has 0 radical (unpaired) electrons. The zero-order valence-corrected chi connectivity index (χ0v) is 16.1. The maximum atomic E-state index is 13.7. The van der Waals surface area contributed by atoms with Crippen molar-refractivity contribution < 1.29 is 26.7 Å². The summed E-state index contributed by atoms with van der Waals surface area (Å²) < 4.78 is 65.6. The summed E-state index contributed by atoms with van der Waals surface area (Å²) in [4.78, 5) is 28.9. The lowest BCUT2D eigenvalue weighted by Crippen LogP contribution is -2.31. The molecule has 1 N–H and O–H groups in total. The van der Waals surface area contributed by atoms with Crippen LogP contribution < -0.4 is 5.56 Å². The van der Waals surface area contributed by atoms with Crippen LogP contribution in [0.1, 0.15) is 34.7 Å². The molecule has 0 aliphatic rings. The molecular weight excluding hydrogens is 435 g/mol. The average Bonchev–Trinajstić information content (AvgIpc) is 2.67. The number of pyridine rings is 1. The van der Waals surface area contributed by atoms with Crippen LogP contribution in [-0.2, 0) is 6.18 Å². The maximum absolute atomic E-state index is 13.7. The van der Waals surface area contributed by atoms with Crippen molar-refractivity contribution in [2.24, 2.45) is 0 Å². The third-order valence-corrected chi connectivity index (χ3v) is 4.80. The topological polar surface area (TPSA) is 79.0 Å². The van der Waals surface area contributed by atoms with Crippen LogP contribution >= 0.6 is 11.6 Å². The predicted octanol–water partition coefficient (Wildman–Crippen LogP) is 4.10. The summed E-state index contributed by atoms with van der Waals surface area (Å²) in [5.74, 6) is -3.20. The van der Waals surface area contributed by atoms with Crippen LogP contribution in [0.3, 0.4) is 0 Å². The van der Waals surface area contributed by atoms with Crippen LogP contribution in [0.2, 0.25) is 5.02 Å². The van der Waals surface area contributed by atoms with E-state index >= 15 is 0 Å². The van der Waals surface area contributed by atoms with Crippen LogP contribution in [0.5, 0.6) is 0 Å². The molecule has 0 spiro atoms. The molecule has 30 heavy (non-hydrogen) atoms. The van der Waals surface area contributed by atoms with E-state index < -0.39 is 46.0 Å². The van der Waals surface area contributed by atoms with E-state index in [1.54, 1.807) is 0 Å². The summed E-state index contributed by atoms with van der Waals surface area (Å²) in [6, 6.07) is 1.44. The first-order valence-corrected chi connectivity index (χ1v) is 8.66. The Hall–Kier alpha value is -3.08. The highest BCUT2D eigenvalue weighted by Gasteiger charge is 2.36. The molecule has 0 aliphatic carbocycles. The molecule has 1 atom stereocenters. The molecular formula is C18H12ClF5N4O2. The minimum Gasteiger partial charge on any atom is -0.333 e. The van der Waals surface area contributed by atoms with Crippen molar-refractivity contribution in [2.75, 3.05) is 7.05 Å². The Morgan fingerprint density at radius 3 is 2.33 bits per heavy atom. The van der Waals surface area contributed by atoms with Gasteiger partial charge in [-0.25, -0.2) is 18.9 Å². The Labute approximate surface area is 170 Å². The van der Waals surface area contributed by atoms with Gasteiger partial charge in [0.05, 0.1) is 27.7 Å². The summed E-state index contributed by atoms with van der Waals surface area (Å²) in [5, 5.41) is 5.03. The van der Waals surface area contributed by atoms with Crippen molar-refractivity contribution in [3.63, 3.8) is 0 Å². The van der Waals surface area contributed by atoms with E-state index in [0.717, 1.165) is 23.2 Å². The average molecular weight is 447 g/mol. The number of carbonyl (C=O) groups is 1. The van der Waals surface area contributed by atoms with Gasteiger partial charge in [-0.3, -0.25) is 9.59 Å². The number of alkyl halides is 3. The molecule has 158 valence electrons. The summed E-state index contributed by atoms with van der Waals surface area (Å²) in [6.07, 6.45) is -4.05. The predicted molar refractivity (Wildman–Crippen MR) is 97.0 cm³/mol. The fourth-order valence-electron chi connectivity index (χ4n) is 2.82. The molecule has 0 aliphatic heterocycles. The zero-order valence-electron chi connectivity index (χ0n) is 15.3. The number of hydrogen-bond donors (Lipinski definition) is 1. The van der Waals surface area contributed by atoms with Gasteiger partial charge in [0.15, 0.2) is 17.3 Å². The number of rotatable bonds is 3. The molecule has 1 aromatic carbocycles. The van der Waals surface area contributed by atoms with Gasteiger partial charge in [-0.15, -0.1) is 0 Å². The molecule has 3 rings (SSSR count). The lowest BCUT2D eigenvalue weighted by atomic mass is 10.0. The second-order valence-electron chi connectivity index (χ2n) is 6.39. The summed E-state index contributed by atoms with van der Waals surface area (Å²) >= 11 is 5.60. The molecule has 0 bridgehead atoms. The number of amides is 1. The minimum atomic E-state index is -4.78. The highest BCUT2D eigenvalue weighted by atomic mass is 35.5. The van der Waals surface area contributed by atoms with Gasteiger partial charge < -0.3 is 4.90 Å². The number of aromatic nitrogens is 3. The number of benzene rings is 1. The monoisotopic (exact) mass is 446 g/mol. The third-order valence-electron chi connectivity index (χ3n) is 4.51. The van der Waals surface area contributed by atoms with Gasteiger partial charge in [0.1, 0.15) is 0 Å². The number of nitrogens with one attached hydrogen (secondary N) is 1. The van der Waals surface area contributed by atoms with Crippen LogP contribution in [0.15, 0.2) is 29.2 Å². The summed E-state index contributed by atoms with van der Waals surface area (Å²) in [7, 11) is 1.32. The normalized spacial score (nSPS) is 12.8. The first-order valence-electron chi connectivity index (χ1n) is 8.29. The molecule has 1 amide bonds. The van der Waals surface area contributed by atoms with E-state index in [4.69, 9.17) is 11.6 Å². The van der Waals surface area contributed by atoms with Crippen molar-refractivity contribution in [1.82, 2.24) is 20.1 Å². The van der Waals surface area contributed by atoms with Gasteiger partial charge in [-0.1, -0.05) is 11.6 Å². The van der Waals surface area contributed by atoms with Gasteiger partial charge >= 0.3 is 6.18 Å². The van der Waals surface area contributed by atoms with Crippen molar-refractivity contribution in [1.29, 1.82) is 0 Å². The van der Waals surface area contributed by atoms with E-state index in [0.29, 0.717) is 6.07 Å². The SMILES string of the molecule is C[C@@H](c1n[nH]c(=O)c2cc(F)c(F)cc12)N(C)C(=O)c1cnc(C(F)(F)F)c(Cl)c1. The lowest BCUT2D eigenvalue weighted by Gasteiger charge is -2.25. The highest BCUT2D eigenvalue weighted by molar-refractivity contribution is 6.31. The number of carbonyl (C=O) groups excluding carboxylic acids is 1.